The number of ether oxygens (including phenoxy) is 1. The van der Waals surface area contributed by atoms with Crippen LogP contribution in [-0.4, -0.2) is 88.1 Å². The number of likely N-dealkylation sites (tertiary alicyclic amines) is 2. The van der Waals surface area contributed by atoms with Crippen LogP contribution in [0.3, 0.4) is 0 Å². The number of nitrogens with one attached hydrogen (secondary N) is 4. The molecule has 3 amide bonds. The van der Waals surface area contributed by atoms with Gasteiger partial charge in [-0.3, -0.25) is 14.5 Å². The minimum Gasteiger partial charge on any atom is -0.453 e. The molecule has 2 saturated heterocycles. The maximum atomic E-state index is 15.9. The molecule has 1 aromatic heterocycles. The van der Waals surface area contributed by atoms with Crippen LogP contribution in [0.2, 0.25) is 0 Å². The Bertz CT molecular complexity index is 2420. The first-order valence-corrected chi connectivity index (χ1v) is 21.4. The van der Waals surface area contributed by atoms with Crippen LogP contribution in [0, 0.1) is 11.6 Å². The molecule has 4 heterocycles. The normalized spacial score (nSPS) is 19.5. The van der Waals surface area contributed by atoms with Gasteiger partial charge >= 0.3 is 6.09 Å². The van der Waals surface area contributed by atoms with Gasteiger partial charge in [0.25, 0.3) is 5.91 Å². The average molecular weight is 843 g/mol. The van der Waals surface area contributed by atoms with Crippen LogP contribution in [0.5, 0.6) is 0 Å². The van der Waals surface area contributed by atoms with Crippen molar-refractivity contribution < 1.29 is 27.9 Å². The van der Waals surface area contributed by atoms with E-state index in [1.807, 2.05) is 41.3 Å². The fraction of sp³-hybridized carbons (Fsp3) is 0.333. The zero-order valence-corrected chi connectivity index (χ0v) is 35.1. The molecule has 5 atom stereocenters. The predicted octanol–water partition coefficient (Wildman–Crippen LogP) is 7.67. The van der Waals surface area contributed by atoms with Gasteiger partial charge in [-0.05, 0) is 85.3 Å². The number of hydrogen-bond donors (Lipinski definition) is 4. The molecule has 3 aliphatic heterocycles. The predicted molar refractivity (Wildman–Crippen MR) is 233 cm³/mol. The van der Waals surface area contributed by atoms with Crippen LogP contribution in [0.25, 0.3) is 28.1 Å². The molecule has 0 bridgehead atoms. The molecule has 0 aliphatic carbocycles. The number of methoxy groups -OCH3 is 1. The van der Waals surface area contributed by atoms with E-state index in [4.69, 9.17) is 4.74 Å². The third kappa shape index (κ3) is 8.51. The highest BCUT2D eigenvalue weighted by molar-refractivity contribution is 5.87. The second-order valence-corrected chi connectivity index (χ2v) is 15.9. The van der Waals surface area contributed by atoms with E-state index in [0.29, 0.717) is 59.0 Å². The lowest BCUT2D eigenvalue weighted by Gasteiger charge is -2.36. The van der Waals surface area contributed by atoms with Crippen molar-refractivity contribution in [3.8, 4) is 22.4 Å². The van der Waals surface area contributed by atoms with Crippen molar-refractivity contribution in [2.45, 2.75) is 69.9 Å². The summed E-state index contributed by atoms with van der Waals surface area (Å²) in [4.78, 5) is 54.0. The van der Waals surface area contributed by atoms with Crippen molar-refractivity contribution in [1.82, 2.24) is 40.6 Å². The number of imidazole rings is 1. The molecule has 0 saturated carbocycles. The van der Waals surface area contributed by atoms with Gasteiger partial charge in [-0.2, -0.15) is 0 Å². The van der Waals surface area contributed by atoms with E-state index in [1.54, 1.807) is 65.8 Å². The molecule has 0 spiro atoms. The first-order valence-electron chi connectivity index (χ1n) is 21.4. The Morgan fingerprint density at radius 3 is 2.10 bits per heavy atom. The lowest BCUT2D eigenvalue weighted by Crippen LogP contribution is -2.54. The van der Waals surface area contributed by atoms with Crippen LogP contribution in [0.15, 0.2) is 109 Å². The molecule has 62 heavy (non-hydrogen) atoms. The van der Waals surface area contributed by atoms with E-state index in [1.165, 1.54) is 19.2 Å². The van der Waals surface area contributed by atoms with Crippen LogP contribution in [0.4, 0.5) is 13.6 Å². The fourth-order valence-electron chi connectivity index (χ4n) is 9.15. The summed E-state index contributed by atoms with van der Waals surface area (Å²) in [6.07, 6.45) is 5.33. The number of nitrogens with zero attached hydrogens (tertiary/aromatic N) is 4. The van der Waals surface area contributed by atoms with Crippen molar-refractivity contribution >= 4 is 23.6 Å². The molecule has 14 heteroatoms. The van der Waals surface area contributed by atoms with Crippen molar-refractivity contribution in [3.05, 3.63) is 144 Å². The van der Waals surface area contributed by atoms with Gasteiger partial charge in [-0.25, -0.2) is 18.6 Å². The van der Waals surface area contributed by atoms with Crippen LogP contribution >= 0.6 is 0 Å². The molecule has 12 nitrogen and oxygen atoms in total. The van der Waals surface area contributed by atoms with Gasteiger partial charge in [0, 0.05) is 30.4 Å². The first kappa shape index (κ1) is 42.2. The number of H-pyrrole nitrogens is 1. The summed E-state index contributed by atoms with van der Waals surface area (Å²) in [6.45, 7) is 6.73. The summed E-state index contributed by atoms with van der Waals surface area (Å²) in [5, 5.41) is 9.48. The lowest BCUT2D eigenvalue weighted by atomic mass is 10.00. The Balaban J connectivity index is 0.938. The molecule has 4 N–H and O–H groups in total. The second kappa shape index (κ2) is 18.6. The number of carbonyl (C=O) groups excluding carboxylic acids is 3. The smallest absolute Gasteiger partial charge is 0.407 e. The molecule has 3 aliphatic rings. The minimum absolute atomic E-state index is 0.0669. The molecule has 322 valence electrons. The number of alkyl carbamates (subject to hydrolysis) is 1. The highest BCUT2D eigenvalue weighted by Crippen LogP contribution is 2.36. The van der Waals surface area contributed by atoms with Crippen LogP contribution in [-0.2, 0) is 14.3 Å². The Morgan fingerprint density at radius 2 is 1.45 bits per heavy atom. The Labute approximate surface area is 360 Å². The Morgan fingerprint density at radius 1 is 0.823 bits per heavy atom. The largest absolute Gasteiger partial charge is 0.453 e. The van der Waals surface area contributed by atoms with Crippen molar-refractivity contribution in [3.63, 3.8) is 0 Å². The highest BCUT2D eigenvalue weighted by Gasteiger charge is 2.41. The molecule has 5 aromatic rings. The van der Waals surface area contributed by atoms with Crippen LogP contribution < -0.4 is 16.0 Å². The van der Waals surface area contributed by atoms with E-state index in [0.717, 1.165) is 37.9 Å². The summed E-state index contributed by atoms with van der Waals surface area (Å²) >= 11 is 0. The zero-order chi connectivity index (χ0) is 43.3. The lowest BCUT2D eigenvalue weighted by molar-refractivity contribution is -0.138. The zero-order valence-electron chi connectivity index (χ0n) is 35.1. The Kier molecular flexibility index (Phi) is 12.7. The maximum Gasteiger partial charge on any atom is 0.407 e. The number of carbonyl (C=O) groups is 3. The number of hydrogen-bond acceptors (Lipinski definition) is 8. The van der Waals surface area contributed by atoms with Crippen LogP contribution in [0.1, 0.15) is 80.2 Å². The average Bonchev–Trinajstić information content (AvgIpc) is 4.15. The number of likely N-dealkylation sites (N-methyl/N-ethyl adjacent to an activating group) is 1. The third-order valence-corrected chi connectivity index (χ3v) is 12.3. The monoisotopic (exact) mass is 842 g/mol. The van der Waals surface area contributed by atoms with E-state index >= 15 is 8.78 Å². The molecular formula is C48H52F2N8O4. The molecular weight excluding hydrogens is 791 g/mol. The molecule has 0 radical (unpaired) electrons. The molecule has 1 unspecified atom stereocenters. The van der Waals surface area contributed by atoms with Gasteiger partial charge in [0.1, 0.15) is 35.7 Å². The van der Waals surface area contributed by atoms with E-state index in [2.05, 4.69) is 44.7 Å². The van der Waals surface area contributed by atoms with Crippen molar-refractivity contribution in [2.24, 2.45) is 0 Å². The maximum absolute atomic E-state index is 15.9. The SMILES string of the molecule is CCN(CC)[C@@H](C(=O)N1CCC[C@H]1C1NC=C(c2ccc(-c3ccc(-c4cnc([C@@H]5CCCN5C(=O)[C@H](NC(=O)OC)c5ccccc5)[nH]4)c(F)c3)cc2F)N1)c1ccccc1. The first-order chi connectivity index (χ1) is 30.2. The van der Waals surface area contributed by atoms with Gasteiger partial charge in [0.15, 0.2) is 0 Å². The van der Waals surface area contributed by atoms with E-state index < -0.39 is 29.8 Å². The summed E-state index contributed by atoms with van der Waals surface area (Å²) in [5.74, 6) is -0.721. The summed E-state index contributed by atoms with van der Waals surface area (Å²) in [6, 6.07) is 26.6. The number of aromatic amines is 1. The van der Waals surface area contributed by atoms with Crippen molar-refractivity contribution in [1.29, 1.82) is 0 Å². The molecule has 4 aromatic carbocycles. The van der Waals surface area contributed by atoms with Gasteiger partial charge in [0.05, 0.1) is 36.8 Å². The van der Waals surface area contributed by atoms with Crippen molar-refractivity contribution in [2.75, 3.05) is 33.3 Å². The number of halogens is 2. The van der Waals surface area contributed by atoms with Gasteiger partial charge < -0.3 is 35.5 Å². The minimum atomic E-state index is -0.960. The van der Waals surface area contributed by atoms with Gasteiger partial charge in [-0.15, -0.1) is 0 Å². The number of aromatic nitrogens is 2. The van der Waals surface area contributed by atoms with Gasteiger partial charge in [-0.1, -0.05) is 86.6 Å². The molecule has 2 fully saturated rings. The quantitative estimate of drug-likeness (QED) is 0.0950. The summed E-state index contributed by atoms with van der Waals surface area (Å²) in [7, 11) is 1.25. The fourth-order valence-corrected chi connectivity index (χ4v) is 9.15. The van der Waals surface area contributed by atoms with E-state index in [9.17, 15) is 14.4 Å². The van der Waals surface area contributed by atoms with E-state index in [-0.39, 0.29) is 35.6 Å². The number of benzene rings is 4. The van der Waals surface area contributed by atoms with Gasteiger partial charge in [0.2, 0.25) is 5.91 Å². The standard InChI is InChI=1S/C48H52F2N8O4/c1-4-56(5-2)43(31-16-10-7-11-17-31)47(60)58-25-13-19-41(58)45-52-29-39(54-45)35-23-21-33(27-37(35)50)32-20-22-34(36(49)26-32)38-28-51-44(53-38)40-18-12-24-57(40)46(59)42(55-48(61)62-3)30-14-8-6-9-15-30/h6-11,14-17,20-23,26-29,40-43,45,52,54H,4-5,12-13,18-19,24-25H2,1-3H3,(H,51,53)(H,55,61)/t40-,41-,42+,43+,45?/m0/s1. The second-order valence-electron chi connectivity index (χ2n) is 15.9. The summed E-state index contributed by atoms with van der Waals surface area (Å²) in [5.41, 5.74) is 4.25. The molecule has 8 rings (SSSR count). The number of amides is 3. The summed E-state index contributed by atoms with van der Waals surface area (Å²) < 4.78 is 36.6. The Hall–Kier alpha value is -6.54. The topological polar surface area (TPSA) is 135 Å². The third-order valence-electron chi connectivity index (χ3n) is 12.3. The highest BCUT2D eigenvalue weighted by atomic mass is 19.1. The number of rotatable bonds is 13.